The third kappa shape index (κ3) is 4.02. The van der Waals surface area contributed by atoms with Gasteiger partial charge in [-0.1, -0.05) is 17.4 Å². The first kappa shape index (κ1) is 21.5. The second kappa shape index (κ2) is 8.01. The maximum Gasteiger partial charge on any atom is 0.410 e. The molecular weight excluding hydrogens is 450 g/mol. The number of nitrogens with one attached hydrogen (secondary N) is 1. The third-order valence-corrected chi connectivity index (χ3v) is 7.78. The summed E-state index contributed by atoms with van der Waals surface area (Å²) in [6.45, 7) is 8.44. The lowest BCUT2D eigenvalue weighted by molar-refractivity contribution is 0.0116. The number of thiazole rings is 1. The van der Waals surface area contributed by atoms with Crippen LogP contribution in [0.4, 0.5) is 9.93 Å². The first-order valence-electron chi connectivity index (χ1n) is 11.9. The Labute approximate surface area is 202 Å². The van der Waals surface area contributed by atoms with Crippen LogP contribution < -0.4 is 9.64 Å². The molecule has 2 fully saturated rings. The van der Waals surface area contributed by atoms with Gasteiger partial charge in [0.05, 0.1) is 22.8 Å². The lowest BCUT2D eigenvalue weighted by atomic mass is 10.0. The first-order chi connectivity index (χ1) is 16.4. The minimum Gasteiger partial charge on any atom is -0.487 e. The molecule has 1 atom stereocenters. The van der Waals surface area contributed by atoms with Crippen LogP contribution in [0.15, 0.2) is 30.6 Å². The summed E-state index contributed by atoms with van der Waals surface area (Å²) in [5.74, 6) is 1.43. The van der Waals surface area contributed by atoms with E-state index in [9.17, 15) is 4.79 Å². The number of aromatic nitrogens is 3. The van der Waals surface area contributed by atoms with Crippen molar-refractivity contribution in [1.29, 1.82) is 0 Å². The van der Waals surface area contributed by atoms with Gasteiger partial charge >= 0.3 is 6.09 Å². The van der Waals surface area contributed by atoms with Gasteiger partial charge in [0.2, 0.25) is 0 Å². The molecule has 34 heavy (non-hydrogen) atoms. The largest absolute Gasteiger partial charge is 0.487 e. The van der Waals surface area contributed by atoms with Crippen molar-refractivity contribution >= 4 is 22.6 Å². The summed E-state index contributed by atoms with van der Waals surface area (Å²) >= 11 is 1.72. The predicted molar refractivity (Wildman–Crippen MR) is 131 cm³/mol. The van der Waals surface area contributed by atoms with Crippen LogP contribution in [0.5, 0.6) is 5.75 Å². The predicted octanol–water partition coefficient (Wildman–Crippen LogP) is 4.93. The van der Waals surface area contributed by atoms with Crippen LogP contribution in [0, 0.1) is 5.92 Å². The normalized spacial score (nSPS) is 19.9. The number of H-pyrrole nitrogens is 1. The number of anilines is 1. The van der Waals surface area contributed by atoms with Crippen molar-refractivity contribution in [3.8, 4) is 27.3 Å². The average Bonchev–Trinajstić information content (AvgIpc) is 3.32. The molecule has 8 nitrogen and oxygen atoms in total. The van der Waals surface area contributed by atoms with E-state index in [1.807, 2.05) is 38.1 Å². The number of carbonyl (C=O) groups is 1. The SMILES string of the molecule is CC(C)(C)OC(=O)N1CCN(c2nc3c(s2)-c2ccc(-c4cn[nH]c4)cc2OC3)CC1C1CC1. The Morgan fingerprint density at radius 2 is 2.09 bits per heavy atom. The van der Waals surface area contributed by atoms with E-state index >= 15 is 0 Å². The van der Waals surface area contributed by atoms with Crippen molar-refractivity contribution in [1.82, 2.24) is 20.1 Å². The van der Waals surface area contributed by atoms with Gasteiger partial charge in [-0.3, -0.25) is 5.10 Å². The number of carbonyl (C=O) groups excluding carboxylic acids is 1. The molecule has 3 aromatic rings. The number of ether oxygens (including phenoxy) is 2. The highest BCUT2D eigenvalue weighted by Crippen LogP contribution is 2.45. The second-order valence-corrected chi connectivity index (χ2v) is 11.3. The summed E-state index contributed by atoms with van der Waals surface area (Å²) in [5, 5.41) is 7.92. The van der Waals surface area contributed by atoms with E-state index in [0.29, 0.717) is 19.1 Å². The van der Waals surface area contributed by atoms with Crippen molar-refractivity contribution in [2.75, 3.05) is 24.5 Å². The van der Waals surface area contributed by atoms with Gasteiger partial charge in [0.1, 0.15) is 18.0 Å². The summed E-state index contributed by atoms with van der Waals surface area (Å²) in [7, 11) is 0. The topological polar surface area (TPSA) is 83.6 Å². The monoisotopic (exact) mass is 479 g/mol. The molecule has 6 rings (SSSR count). The minimum absolute atomic E-state index is 0.172. The smallest absolute Gasteiger partial charge is 0.410 e. The molecular formula is C25H29N5O3S. The minimum atomic E-state index is -0.485. The Hall–Kier alpha value is -3.07. The molecule has 1 saturated carbocycles. The van der Waals surface area contributed by atoms with Gasteiger partial charge in [-0.05, 0) is 57.2 Å². The molecule has 2 aliphatic heterocycles. The van der Waals surface area contributed by atoms with Crippen LogP contribution in [0.25, 0.3) is 21.6 Å². The van der Waals surface area contributed by atoms with E-state index < -0.39 is 5.60 Å². The van der Waals surface area contributed by atoms with E-state index in [2.05, 4.69) is 33.3 Å². The molecule has 1 aromatic carbocycles. The Balaban J connectivity index is 1.23. The molecule has 9 heteroatoms. The molecule has 1 saturated heterocycles. The number of hydrogen-bond acceptors (Lipinski definition) is 7. The zero-order valence-electron chi connectivity index (χ0n) is 19.7. The zero-order valence-corrected chi connectivity index (χ0v) is 20.5. The molecule has 2 aromatic heterocycles. The lowest BCUT2D eigenvalue weighted by Crippen LogP contribution is -2.57. The van der Waals surface area contributed by atoms with E-state index in [4.69, 9.17) is 14.5 Å². The molecule has 1 amide bonds. The number of benzene rings is 1. The van der Waals surface area contributed by atoms with Crippen molar-refractivity contribution in [3.05, 3.63) is 36.3 Å². The van der Waals surface area contributed by atoms with Gasteiger partial charge in [-0.25, -0.2) is 9.78 Å². The molecule has 1 aliphatic carbocycles. The fraction of sp³-hybridized carbons (Fsp3) is 0.480. The number of rotatable bonds is 3. The highest BCUT2D eigenvalue weighted by atomic mass is 32.1. The van der Waals surface area contributed by atoms with Crippen molar-refractivity contribution in [3.63, 3.8) is 0 Å². The number of piperazine rings is 1. The van der Waals surface area contributed by atoms with Gasteiger partial charge in [0.25, 0.3) is 0 Å². The van der Waals surface area contributed by atoms with Gasteiger partial charge in [0, 0.05) is 37.0 Å². The van der Waals surface area contributed by atoms with Crippen LogP contribution in [0.3, 0.4) is 0 Å². The second-order valence-electron chi connectivity index (χ2n) is 10.3. The quantitative estimate of drug-likeness (QED) is 0.574. The van der Waals surface area contributed by atoms with E-state index in [1.54, 1.807) is 11.3 Å². The Kier molecular flexibility index (Phi) is 5.05. The number of aromatic amines is 1. The summed E-state index contributed by atoms with van der Waals surface area (Å²) in [4.78, 5) is 23.3. The molecule has 0 spiro atoms. The van der Waals surface area contributed by atoms with Crippen LogP contribution >= 0.6 is 11.3 Å². The maximum absolute atomic E-state index is 12.9. The molecule has 1 unspecified atom stereocenters. The summed E-state index contributed by atoms with van der Waals surface area (Å²) in [6, 6.07) is 6.46. The number of nitrogens with zero attached hydrogens (tertiary/aromatic N) is 4. The average molecular weight is 480 g/mol. The number of amides is 1. The molecule has 0 radical (unpaired) electrons. The zero-order chi connectivity index (χ0) is 23.4. The highest BCUT2D eigenvalue weighted by Gasteiger charge is 2.43. The molecule has 178 valence electrons. The van der Waals surface area contributed by atoms with Crippen molar-refractivity contribution < 1.29 is 14.3 Å². The van der Waals surface area contributed by atoms with Gasteiger partial charge in [-0.2, -0.15) is 5.10 Å². The maximum atomic E-state index is 12.9. The van der Waals surface area contributed by atoms with E-state index in [1.165, 1.54) is 17.7 Å². The van der Waals surface area contributed by atoms with Crippen molar-refractivity contribution in [2.45, 2.75) is 51.9 Å². The lowest BCUT2D eigenvalue weighted by Gasteiger charge is -2.42. The van der Waals surface area contributed by atoms with E-state index in [0.717, 1.165) is 46.4 Å². The number of fused-ring (bicyclic) bond motifs is 3. The highest BCUT2D eigenvalue weighted by molar-refractivity contribution is 7.19. The summed E-state index contributed by atoms with van der Waals surface area (Å²) in [6.07, 6.45) is 5.85. The van der Waals surface area contributed by atoms with Gasteiger partial charge < -0.3 is 19.3 Å². The summed E-state index contributed by atoms with van der Waals surface area (Å²) < 4.78 is 11.8. The standard InChI is InChI=1S/C25H29N5O3S/c1-25(2,3)33-24(31)30-9-8-29(13-20(30)15-4-5-15)23-28-19-14-32-21-10-16(17-11-26-27-12-17)6-7-18(21)22(19)34-23/h6-7,10-12,15,20H,4-5,8-9,13-14H2,1-3H3,(H,26,27). The Morgan fingerprint density at radius 1 is 1.24 bits per heavy atom. The van der Waals surface area contributed by atoms with Gasteiger partial charge in [-0.15, -0.1) is 0 Å². The fourth-order valence-corrected chi connectivity index (χ4v) is 5.90. The summed E-state index contributed by atoms with van der Waals surface area (Å²) in [5.41, 5.74) is 3.70. The van der Waals surface area contributed by atoms with Crippen LogP contribution in [-0.4, -0.2) is 57.5 Å². The molecule has 0 bridgehead atoms. The first-order valence-corrected chi connectivity index (χ1v) is 12.7. The molecule has 4 heterocycles. The van der Waals surface area contributed by atoms with E-state index in [-0.39, 0.29) is 12.1 Å². The number of hydrogen-bond donors (Lipinski definition) is 1. The Morgan fingerprint density at radius 3 is 2.82 bits per heavy atom. The third-order valence-electron chi connectivity index (χ3n) is 6.59. The van der Waals surface area contributed by atoms with Crippen LogP contribution in [-0.2, 0) is 11.3 Å². The van der Waals surface area contributed by atoms with Gasteiger partial charge in [0.15, 0.2) is 5.13 Å². The fourth-order valence-electron chi connectivity index (χ4n) is 4.76. The van der Waals surface area contributed by atoms with Crippen LogP contribution in [0.1, 0.15) is 39.3 Å². The van der Waals surface area contributed by atoms with Crippen LogP contribution in [0.2, 0.25) is 0 Å². The molecule has 3 aliphatic rings. The molecule has 1 N–H and O–H groups in total. The van der Waals surface area contributed by atoms with Crippen molar-refractivity contribution in [2.24, 2.45) is 5.92 Å². The Bertz CT molecular complexity index is 1210.